The molecule has 1 heterocycles. The van der Waals surface area contributed by atoms with E-state index >= 15 is 0 Å². The summed E-state index contributed by atoms with van der Waals surface area (Å²) >= 11 is 1.12. The van der Waals surface area contributed by atoms with Crippen molar-refractivity contribution in [1.82, 2.24) is 25.1 Å². The largest absolute Gasteiger partial charge is 0.573 e. The normalized spacial score (nSPS) is 11.3. The van der Waals surface area contributed by atoms with Crippen molar-refractivity contribution in [3.8, 4) is 11.4 Å². The molecule has 0 aliphatic carbocycles. The third-order valence-corrected chi connectivity index (χ3v) is 3.48. The van der Waals surface area contributed by atoms with Crippen LogP contribution in [0.4, 0.5) is 13.2 Å². The van der Waals surface area contributed by atoms with Gasteiger partial charge in [-0.05, 0) is 34.7 Å². The molecule has 1 amide bonds. The number of ether oxygens (including phenoxy) is 1. The SMILES string of the molecule is CN(C)C(=O)CSc1nnnn1-c1ccc(OC(F)(F)F)cc1. The Balaban J connectivity index is 2.11. The minimum atomic E-state index is -4.75. The second-order valence-corrected chi connectivity index (χ2v) is 5.43. The lowest BCUT2D eigenvalue weighted by atomic mass is 10.3. The smallest absolute Gasteiger partial charge is 0.406 e. The number of aromatic nitrogens is 4. The van der Waals surface area contributed by atoms with Crippen molar-refractivity contribution in [2.24, 2.45) is 0 Å². The maximum atomic E-state index is 12.1. The predicted molar refractivity (Wildman–Crippen MR) is 75.3 cm³/mol. The van der Waals surface area contributed by atoms with E-state index in [0.717, 1.165) is 23.9 Å². The first-order valence-electron chi connectivity index (χ1n) is 6.24. The number of alkyl halides is 3. The molecule has 0 radical (unpaired) electrons. The summed E-state index contributed by atoms with van der Waals surface area (Å²) in [7, 11) is 3.26. The second-order valence-electron chi connectivity index (χ2n) is 4.49. The molecule has 11 heteroatoms. The van der Waals surface area contributed by atoms with E-state index < -0.39 is 6.36 Å². The summed E-state index contributed by atoms with van der Waals surface area (Å²) in [5.74, 6) is -0.312. The number of hydrogen-bond acceptors (Lipinski definition) is 6. The van der Waals surface area contributed by atoms with Gasteiger partial charge in [0.1, 0.15) is 5.75 Å². The average molecular weight is 347 g/mol. The van der Waals surface area contributed by atoms with E-state index in [9.17, 15) is 18.0 Å². The Morgan fingerprint density at radius 2 is 1.96 bits per heavy atom. The lowest BCUT2D eigenvalue weighted by molar-refractivity contribution is -0.274. The van der Waals surface area contributed by atoms with Gasteiger partial charge in [0.2, 0.25) is 11.1 Å². The standard InChI is InChI=1S/C12H12F3N5O2S/c1-19(2)10(21)7-23-11-16-17-18-20(11)8-3-5-9(6-4-8)22-12(13,14)15/h3-6H,7H2,1-2H3. The highest BCUT2D eigenvalue weighted by atomic mass is 32.2. The Kier molecular flexibility index (Phi) is 5.08. The van der Waals surface area contributed by atoms with Crippen LogP contribution in [0.1, 0.15) is 0 Å². The van der Waals surface area contributed by atoms with Crippen LogP contribution in [0.3, 0.4) is 0 Å². The Morgan fingerprint density at radius 3 is 2.52 bits per heavy atom. The van der Waals surface area contributed by atoms with Gasteiger partial charge in [0, 0.05) is 14.1 Å². The van der Waals surface area contributed by atoms with Crippen LogP contribution < -0.4 is 4.74 Å². The van der Waals surface area contributed by atoms with Gasteiger partial charge >= 0.3 is 6.36 Å². The number of amides is 1. The zero-order chi connectivity index (χ0) is 17.0. The molecule has 0 saturated heterocycles. The fraction of sp³-hybridized carbons (Fsp3) is 0.333. The minimum Gasteiger partial charge on any atom is -0.406 e. The van der Waals surface area contributed by atoms with Gasteiger partial charge in [0.25, 0.3) is 0 Å². The number of hydrogen-bond donors (Lipinski definition) is 0. The Labute approximate surface area is 133 Å². The summed E-state index contributed by atoms with van der Waals surface area (Å²) in [6.07, 6.45) is -4.75. The number of rotatable bonds is 5. The van der Waals surface area contributed by atoms with Gasteiger partial charge in [-0.25, -0.2) is 0 Å². The van der Waals surface area contributed by atoms with E-state index in [2.05, 4.69) is 20.3 Å². The molecule has 23 heavy (non-hydrogen) atoms. The minimum absolute atomic E-state index is 0.113. The van der Waals surface area contributed by atoms with E-state index in [-0.39, 0.29) is 17.4 Å². The van der Waals surface area contributed by atoms with Crippen molar-refractivity contribution < 1.29 is 22.7 Å². The molecule has 0 unspecified atom stereocenters. The molecule has 0 aliphatic heterocycles. The van der Waals surface area contributed by atoms with E-state index in [1.807, 2.05) is 0 Å². The lowest BCUT2D eigenvalue weighted by Crippen LogP contribution is -2.23. The molecule has 0 atom stereocenters. The maximum Gasteiger partial charge on any atom is 0.573 e. The summed E-state index contributed by atoms with van der Waals surface area (Å²) < 4.78 is 41.5. The number of thioether (sulfide) groups is 1. The van der Waals surface area contributed by atoms with Gasteiger partial charge in [-0.2, -0.15) is 4.68 Å². The van der Waals surface area contributed by atoms with Gasteiger partial charge in [-0.3, -0.25) is 4.79 Å². The van der Waals surface area contributed by atoms with E-state index in [1.165, 1.54) is 21.7 Å². The lowest BCUT2D eigenvalue weighted by Gasteiger charge is -2.10. The van der Waals surface area contributed by atoms with Crippen LogP contribution in [-0.2, 0) is 4.79 Å². The molecular formula is C12H12F3N5O2S. The summed E-state index contributed by atoms with van der Waals surface area (Å²) in [5.41, 5.74) is 0.448. The molecular weight excluding hydrogens is 335 g/mol. The molecule has 0 bridgehead atoms. The zero-order valence-electron chi connectivity index (χ0n) is 12.1. The fourth-order valence-corrected chi connectivity index (χ4v) is 2.34. The monoisotopic (exact) mass is 347 g/mol. The summed E-state index contributed by atoms with van der Waals surface area (Å²) in [5, 5.41) is 11.4. The molecule has 7 nitrogen and oxygen atoms in total. The van der Waals surface area contributed by atoms with Gasteiger partial charge < -0.3 is 9.64 Å². The third-order valence-electron chi connectivity index (χ3n) is 2.58. The van der Waals surface area contributed by atoms with Crippen molar-refractivity contribution in [1.29, 1.82) is 0 Å². The Bertz CT molecular complexity index is 672. The van der Waals surface area contributed by atoms with E-state index in [1.54, 1.807) is 14.1 Å². The van der Waals surface area contributed by atoms with Gasteiger partial charge in [0.05, 0.1) is 11.4 Å². The summed E-state index contributed by atoms with van der Waals surface area (Å²) in [6, 6.07) is 5.08. The van der Waals surface area contributed by atoms with Crippen LogP contribution in [0, 0.1) is 0 Å². The quantitative estimate of drug-likeness (QED) is 0.767. The van der Waals surface area contributed by atoms with Crippen molar-refractivity contribution in [3.63, 3.8) is 0 Å². The molecule has 0 spiro atoms. The highest BCUT2D eigenvalue weighted by molar-refractivity contribution is 7.99. The first-order chi connectivity index (χ1) is 10.8. The van der Waals surface area contributed by atoms with Crippen LogP contribution in [-0.4, -0.2) is 57.2 Å². The summed E-state index contributed by atoms with van der Waals surface area (Å²) in [6.45, 7) is 0. The number of carbonyl (C=O) groups is 1. The second kappa shape index (κ2) is 6.86. The van der Waals surface area contributed by atoms with Crippen LogP contribution >= 0.6 is 11.8 Å². The van der Waals surface area contributed by atoms with Crippen LogP contribution in [0.5, 0.6) is 5.75 Å². The van der Waals surface area contributed by atoms with Gasteiger partial charge in [-0.1, -0.05) is 11.8 Å². The first kappa shape index (κ1) is 17.1. The van der Waals surface area contributed by atoms with Crippen LogP contribution in [0.25, 0.3) is 5.69 Å². The number of halogens is 3. The highest BCUT2D eigenvalue weighted by Crippen LogP contribution is 2.24. The topological polar surface area (TPSA) is 73.1 Å². The summed E-state index contributed by atoms with van der Waals surface area (Å²) in [4.78, 5) is 13.0. The number of nitrogens with zero attached hydrogens (tertiary/aromatic N) is 5. The number of tetrazole rings is 1. The van der Waals surface area contributed by atoms with E-state index in [4.69, 9.17) is 0 Å². The number of benzene rings is 1. The molecule has 0 saturated carbocycles. The van der Waals surface area contributed by atoms with Crippen molar-refractivity contribution in [2.45, 2.75) is 11.5 Å². The molecule has 2 rings (SSSR count). The molecule has 0 fully saturated rings. The molecule has 1 aromatic carbocycles. The number of carbonyl (C=O) groups excluding carboxylic acids is 1. The Morgan fingerprint density at radius 1 is 1.30 bits per heavy atom. The molecule has 2 aromatic rings. The van der Waals surface area contributed by atoms with Gasteiger partial charge in [0.15, 0.2) is 0 Å². The van der Waals surface area contributed by atoms with Crippen molar-refractivity contribution >= 4 is 17.7 Å². The molecule has 0 N–H and O–H groups in total. The molecule has 1 aromatic heterocycles. The van der Waals surface area contributed by atoms with Crippen LogP contribution in [0.2, 0.25) is 0 Å². The van der Waals surface area contributed by atoms with Crippen molar-refractivity contribution in [2.75, 3.05) is 19.8 Å². The first-order valence-corrected chi connectivity index (χ1v) is 7.22. The third kappa shape index (κ3) is 4.84. The molecule has 0 aliphatic rings. The zero-order valence-corrected chi connectivity index (χ0v) is 12.9. The predicted octanol–water partition coefficient (Wildman–Crippen LogP) is 1.74. The maximum absolute atomic E-state index is 12.1. The fourth-order valence-electron chi connectivity index (χ4n) is 1.48. The molecule has 124 valence electrons. The van der Waals surface area contributed by atoms with E-state index in [0.29, 0.717) is 10.8 Å². The average Bonchev–Trinajstić information content (AvgIpc) is 2.92. The van der Waals surface area contributed by atoms with Crippen LogP contribution in [0.15, 0.2) is 29.4 Å². The van der Waals surface area contributed by atoms with Crippen molar-refractivity contribution in [3.05, 3.63) is 24.3 Å². The van der Waals surface area contributed by atoms with Gasteiger partial charge in [-0.15, -0.1) is 18.3 Å². The Hall–Kier alpha value is -2.30. The highest BCUT2D eigenvalue weighted by Gasteiger charge is 2.31.